The lowest BCUT2D eigenvalue weighted by atomic mass is 10.6. The maximum Gasteiger partial charge on any atom is 0.384 e. The van der Waals surface area contributed by atoms with Crippen molar-refractivity contribution in [1.29, 1.82) is 0 Å². The van der Waals surface area contributed by atoms with Crippen molar-refractivity contribution < 1.29 is 9.53 Å². The van der Waals surface area contributed by atoms with Crippen LogP contribution in [0, 0.1) is 11.8 Å². The monoisotopic (exact) mass is 153 g/mol. The molecular formula is C6H7N3O2. The summed E-state index contributed by atoms with van der Waals surface area (Å²) >= 11 is 0. The van der Waals surface area contributed by atoms with Gasteiger partial charge in [0.25, 0.3) is 0 Å². The molecule has 0 saturated carbocycles. The van der Waals surface area contributed by atoms with E-state index in [0.29, 0.717) is 6.61 Å². The summed E-state index contributed by atoms with van der Waals surface area (Å²) in [5.74, 6) is 3.87. The fourth-order valence-electron chi connectivity index (χ4n) is 0.346. The average molecular weight is 153 g/mol. The van der Waals surface area contributed by atoms with Gasteiger partial charge in [0.05, 0.1) is 13.2 Å². The van der Waals surface area contributed by atoms with Crippen LogP contribution in [-0.2, 0) is 9.53 Å². The lowest BCUT2D eigenvalue weighted by Crippen LogP contribution is -1.99. The topological polar surface area (TPSA) is 75.1 Å². The number of rotatable bonds is 2. The number of azide groups is 1. The van der Waals surface area contributed by atoms with Crippen LogP contribution in [0.15, 0.2) is 5.11 Å². The Kier molecular flexibility index (Phi) is 5.49. The molecule has 0 aromatic carbocycles. The van der Waals surface area contributed by atoms with Crippen molar-refractivity contribution >= 4 is 5.97 Å². The molecule has 0 saturated heterocycles. The number of esters is 1. The Morgan fingerprint density at radius 1 is 1.82 bits per heavy atom. The molecule has 0 aromatic heterocycles. The van der Waals surface area contributed by atoms with Gasteiger partial charge in [0.2, 0.25) is 0 Å². The first-order valence-electron chi connectivity index (χ1n) is 2.97. The molecule has 0 fully saturated rings. The lowest BCUT2D eigenvalue weighted by molar-refractivity contribution is -0.136. The number of hydrogen-bond donors (Lipinski definition) is 0. The normalized spacial score (nSPS) is 7.00. The molecule has 0 rings (SSSR count). The summed E-state index contributed by atoms with van der Waals surface area (Å²) in [6.07, 6.45) is 0. The zero-order valence-electron chi connectivity index (χ0n) is 6.07. The van der Waals surface area contributed by atoms with Crippen LogP contribution in [0.25, 0.3) is 10.4 Å². The van der Waals surface area contributed by atoms with Gasteiger partial charge in [-0.3, -0.25) is 0 Å². The van der Waals surface area contributed by atoms with Gasteiger partial charge in [0.1, 0.15) is 0 Å². The summed E-state index contributed by atoms with van der Waals surface area (Å²) in [6, 6.07) is 0. The summed E-state index contributed by atoms with van der Waals surface area (Å²) in [7, 11) is 0. The third-order valence-electron chi connectivity index (χ3n) is 0.679. The molecule has 0 bridgehead atoms. The minimum atomic E-state index is -0.597. The number of carbonyl (C=O) groups excluding carboxylic acids is 1. The van der Waals surface area contributed by atoms with Crippen LogP contribution >= 0.6 is 0 Å². The number of ether oxygens (including phenoxy) is 1. The Balaban J connectivity index is 3.68. The first-order chi connectivity index (χ1) is 5.31. The molecule has 5 nitrogen and oxygen atoms in total. The molecule has 0 spiro atoms. The van der Waals surface area contributed by atoms with Crippen LogP contribution in [0.4, 0.5) is 0 Å². The molecule has 5 heteroatoms. The molecule has 0 aromatic rings. The predicted octanol–water partition coefficient (Wildman–Crippen LogP) is 0.863. The Hall–Kier alpha value is -1.66. The third kappa shape index (κ3) is 6.22. The molecule has 0 amide bonds. The number of hydrogen-bond acceptors (Lipinski definition) is 3. The van der Waals surface area contributed by atoms with E-state index >= 15 is 0 Å². The van der Waals surface area contributed by atoms with E-state index in [0.717, 1.165) is 0 Å². The van der Waals surface area contributed by atoms with E-state index in [4.69, 9.17) is 5.53 Å². The molecular weight excluding hydrogens is 146 g/mol. The van der Waals surface area contributed by atoms with E-state index in [1.165, 1.54) is 0 Å². The van der Waals surface area contributed by atoms with Crippen molar-refractivity contribution in [1.82, 2.24) is 0 Å². The molecule has 11 heavy (non-hydrogen) atoms. The maximum absolute atomic E-state index is 10.5. The van der Waals surface area contributed by atoms with Gasteiger partial charge in [-0.2, -0.15) is 0 Å². The van der Waals surface area contributed by atoms with Crippen molar-refractivity contribution in [2.24, 2.45) is 5.11 Å². The highest BCUT2D eigenvalue weighted by atomic mass is 16.5. The first kappa shape index (κ1) is 9.34. The Morgan fingerprint density at radius 3 is 3.09 bits per heavy atom. The van der Waals surface area contributed by atoms with E-state index in [2.05, 4.69) is 26.6 Å². The number of nitrogens with zero attached hydrogens (tertiary/aromatic N) is 3. The SMILES string of the molecule is CCOC(=O)C#CCN=[N+]=[N-]. The van der Waals surface area contributed by atoms with Crippen molar-refractivity contribution in [2.75, 3.05) is 13.2 Å². The van der Waals surface area contributed by atoms with Crippen molar-refractivity contribution in [3.8, 4) is 11.8 Å². The summed E-state index contributed by atoms with van der Waals surface area (Å²) in [4.78, 5) is 12.9. The molecule has 0 atom stereocenters. The molecule has 0 aliphatic carbocycles. The van der Waals surface area contributed by atoms with Gasteiger partial charge < -0.3 is 4.74 Å². The van der Waals surface area contributed by atoms with Gasteiger partial charge in [0.15, 0.2) is 0 Å². The molecule has 0 N–H and O–H groups in total. The zero-order chi connectivity index (χ0) is 8.53. The number of carbonyl (C=O) groups is 1. The lowest BCUT2D eigenvalue weighted by Gasteiger charge is -1.89. The predicted molar refractivity (Wildman–Crippen MR) is 38.4 cm³/mol. The van der Waals surface area contributed by atoms with E-state index in [9.17, 15) is 4.79 Å². The molecule has 0 aliphatic rings. The van der Waals surface area contributed by atoms with Crippen LogP contribution in [0.2, 0.25) is 0 Å². The standard InChI is InChI=1S/C6H7N3O2/c1-2-11-6(10)4-3-5-8-9-7/h2,5H2,1H3. The molecule has 0 unspecified atom stereocenters. The van der Waals surface area contributed by atoms with Crippen molar-refractivity contribution in [3.05, 3.63) is 10.4 Å². The zero-order valence-corrected chi connectivity index (χ0v) is 6.07. The fraction of sp³-hybridized carbons (Fsp3) is 0.500. The second kappa shape index (κ2) is 6.46. The summed E-state index contributed by atoms with van der Waals surface area (Å²) in [5.41, 5.74) is 7.81. The second-order valence-electron chi connectivity index (χ2n) is 1.41. The minimum Gasteiger partial charge on any atom is -0.456 e. The van der Waals surface area contributed by atoms with Gasteiger partial charge in [-0.25, -0.2) is 4.79 Å². The highest BCUT2D eigenvalue weighted by Crippen LogP contribution is 1.74. The fourth-order valence-corrected chi connectivity index (χ4v) is 0.346. The highest BCUT2D eigenvalue weighted by molar-refractivity contribution is 5.88. The molecule has 0 heterocycles. The van der Waals surface area contributed by atoms with E-state index in [1.807, 2.05) is 0 Å². The van der Waals surface area contributed by atoms with Crippen LogP contribution in [0.5, 0.6) is 0 Å². The van der Waals surface area contributed by atoms with Crippen molar-refractivity contribution in [3.63, 3.8) is 0 Å². The van der Waals surface area contributed by atoms with Crippen LogP contribution in [0.3, 0.4) is 0 Å². The van der Waals surface area contributed by atoms with Gasteiger partial charge in [0, 0.05) is 10.8 Å². The van der Waals surface area contributed by atoms with E-state index in [1.54, 1.807) is 6.92 Å². The van der Waals surface area contributed by atoms with Gasteiger partial charge in [-0.15, -0.1) is 0 Å². The average Bonchev–Trinajstić information content (AvgIpc) is 1.99. The largest absolute Gasteiger partial charge is 0.456 e. The Morgan fingerprint density at radius 2 is 2.55 bits per heavy atom. The molecule has 0 aliphatic heterocycles. The Labute approximate surface area is 64.0 Å². The Bertz CT molecular complexity index is 232. The summed E-state index contributed by atoms with van der Waals surface area (Å²) in [6.45, 7) is 1.98. The van der Waals surface area contributed by atoms with Gasteiger partial charge in [-0.1, -0.05) is 11.0 Å². The van der Waals surface area contributed by atoms with Gasteiger partial charge >= 0.3 is 5.97 Å². The summed E-state index contributed by atoms with van der Waals surface area (Å²) < 4.78 is 4.47. The van der Waals surface area contributed by atoms with Crippen LogP contribution < -0.4 is 0 Å². The smallest absolute Gasteiger partial charge is 0.384 e. The van der Waals surface area contributed by atoms with Crippen LogP contribution in [0.1, 0.15) is 6.92 Å². The second-order valence-corrected chi connectivity index (χ2v) is 1.41. The minimum absolute atomic E-state index is 0.00465. The molecule has 0 radical (unpaired) electrons. The van der Waals surface area contributed by atoms with Crippen LogP contribution in [-0.4, -0.2) is 19.1 Å². The van der Waals surface area contributed by atoms with Crippen molar-refractivity contribution in [2.45, 2.75) is 6.92 Å². The first-order valence-corrected chi connectivity index (χ1v) is 2.97. The molecule has 58 valence electrons. The summed E-state index contributed by atoms with van der Waals surface area (Å²) in [5, 5.41) is 3.10. The quantitative estimate of drug-likeness (QED) is 0.147. The van der Waals surface area contributed by atoms with Gasteiger partial charge in [-0.05, 0) is 12.5 Å². The van der Waals surface area contributed by atoms with E-state index < -0.39 is 5.97 Å². The highest BCUT2D eigenvalue weighted by Gasteiger charge is 1.89. The maximum atomic E-state index is 10.5. The third-order valence-corrected chi connectivity index (χ3v) is 0.679. The van der Waals surface area contributed by atoms with E-state index in [-0.39, 0.29) is 6.54 Å².